The first kappa shape index (κ1) is 17.5. The average molecular weight is 338 g/mol. The van der Waals surface area contributed by atoms with Crippen LogP contribution in [0, 0.1) is 5.92 Å². The molecule has 25 heavy (non-hydrogen) atoms. The van der Waals surface area contributed by atoms with Crippen LogP contribution in [0.5, 0.6) is 5.75 Å². The molecule has 1 aliphatic rings. The number of likely N-dealkylation sites (tertiary alicyclic amines) is 1. The Bertz CT molecular complexity index is 668. The summed E-state index contributed by atoms with van der Waals surface area (Å²) in [5.41, 5.74) is 1.86. The molecule has 2 aromatic carbocycles. The van der Waals surface area contributed by atoms with Crippen LogP contribution in [0.1, 0.15) is 28.8 Å². The summed E-state index contributed by atoms with van der Waals surface area (Å²) in [6.07, 6.45) is 2.27. The predicted octanol–water partition coefficient (Wildman–Crippen LogP) is 3.34. The van der Waals surface area contributed by atoms with Crippen molar-refractivity contribution >= 4 is 5.91 Å². The Kier molecular flexibility index (Phi) is 6.07. The summed E-state index contributed by atoms with van der Waals surface area (Å²) in [7, 11) is 1.97. The summed E-state index contributed by atoms with van der Waals surface area (Å²) in [4.78, 5) is 14.7. The topological polar surface area (TPSA) is 41.6 Å². The van der Waals surface area contributed by atoms with Gasteiger partial charge in [-0.15, -0.1) is 0 Å². The van der Waals surface area contributed by atoms with Crippen molar-refractivity contribution < 1.29 is 9.53 Å². The first-order valence-electron chi connectivity index (χ1n) is 8.97. The molecule has 1 fully saturated rings. The second-order valence-electron chi connectivity index (χ2n) is 6.62. The van der Waals surface area contributed by atoms with Crippen molar-refractivity contribution in [2.75, 3.05) is 26.7 Å². The number of rotatable bonds is 6. The molecule has 1 atom stereocenters. The summed E-state index contributed by atoms with van der Waals surface area (Å²) in [5.74, 6) is 1.46. The minimum atomic E-state index is 0.121. The maximum Gasteiger partial charge on any atom is 0.253 e. The maximum absolute atomic E-state index is 12.7. The summed E-state index contributed by atoms with van der Waals surface area (Å²) < 4.78 is 5.79. The van der Waals surface area contributed by atoms with Crippen LogP contribution in [0.15, 0.2) is 54.6 Å². The van der Waals surface area contributed by atoms with Crippen molar-refractivity contribution in [1.29, 1.82) is 0 Å². The Morgan fingerprint density at radius 3 is 2.64 bits per heavy atom. The molecule has 0 spiro atoms. The number of hydrogen-bond donors (Lipinski definition) is 1. The third kappa shape index (κ3) is 4.83. The molecule has 0 bridgehead atoms. The number of amides is 1. The molecule has 1 aliphatic heterocycles. The van der Waals surface area contributed by atoms with Gasteiger partial charge in [0.2, 0.25) is 0 Å². The van der Waals surface area contributed by atoms with Gasteiger partial charge in [-0.25, -0.2) is 0 Å². The molecule has 1 amide bonds. The van der Waals surface area contributed by atoms with Gasteiger partial charge in [-0.05, 0) is 62.2 Å². The van der Waals surface area contributed by atoms with Crippen LogP contribution in [-0.2, 0) is 6.61 Å². The van der Waals surface area contributed by atoms with E-state index in [1.54, 1.807) is 0 Å². The smallest absolute Gasteiger partial charge is 0.253 e. The van der Waals surface area contributed by atoms with Crippen molar-refractivity contribution in [2.24, 2.45) is 5.92 Å². The van der Waals surface area contributed by atoms with Gasteiger partial charge < -0.3 is 15.0 Å². The van der Waals surface area contributed by atoms with E-state index in [1.807, 2.05) is 66.5 Å². The Balaban J connectivity index is 1.57. The molecule has 4 nitrogen and oxygen atoms in total. The highest BCUT2D eigenvalue weighted by atomic mass is 16.5. The molecule has 1 heterocycles. The Morgan fingerprint density at radius 2 is 1.92 bits per heavy atom. The molecule has 1 saturated heterocycles. The number of hydrogen-bond acceptors (Lipinski definition) is 3. The number of nitrogens with zero attached hydrogens (tertiary/aromatic N) is 1. The van der Waals surface area contributed by atoms with E-state index in [-0.39, 0.29) is 5.91 Å². The molecule has 132 valence electrons. The lowest BCUT2D eigenvalue weighted by atomic mass is 9.97. The molecule has 0 aromatic heterocycles. The zero-order chi connectivity index (χ0) is 17.5. The molecule has 1 unspecified atom stereocenters. The van der Waals surface area contributed by atoms with Crippen LogP contribution in [0.4, 0.5) is 0 Å². The highest BCUT2D eigenvalue weighted by molar-refractivity contribution is 5.94. The van der Waals surface area contributed by atoms with Crippen LogP contribution in [0.2, 0.25) is 0 Å². The number of nitrogens with one attached hydrogen (secondary N) is 1. The number of ether oxygens (including phenoxy) is 1. The molecule has 0 aliphatic carbocycles. The van der Waals surface area contributed by atoms with Crippen molar-refractivity contribution in [3.63, 3.8) is 0 Å². The third-order valence-corrected chi connectivity index (χ3v) is 4.65. The number of benzene rings is 2. The molecular weight excluding hydrogens is 312 g/mol. The first-order valence-corrected chi connectivity index (χ1v) is 8.97. The van der Waals surface area contributed by atoms with Crippen LogP contribution in [0.3, 0.4) is 0 Å². The van der Waals surface area contributed by atoms with Gasteiger partial charge in [0.15, 0.2) is 0 Å². The van der Waals surface area contributed by atoms with E-state index in [9.17, 15) is 4.79 Å². The minimum absolute atomic E-state index is 0.121. The Labute approximate surface area is 149 Å². The monoisotopic (exact) mass is 338 g/mol. The van der Waals surface area contributed by atoms with Crippen molar-refractivity contribution in [3.8, 4) is 5.75 Å². The lowest BCUT2D eigenvalue weighted by Gasteiger charge is -2.32. The Hall–Kier alpha value is -2.33. The first-order chi connectivity index (χ1) is 12.3. The largest absolute Gasteiger partial charge is 0.489 e. The molecule has 0 saturated carbocycles. The van der Waals surface area contributed by atoms with E-state index >= 15 is 0 Å². The number of piperidine rings is 1. The van der Waals surface area contributed by atoms with E-state index < -0.39 is 0 Å². The SMILES string of the molecule is CNCC1CCCN(C(=O)c2ccc(OCc3ccccc3)cc2)C1. The van der Waals surface area contributed by atoms with Crippen LogP contribution >= 0.6 is 0 Å². The molecule has 1 N–H and O–H groups in total. The van der Waals surface area contributed by atoms with E-state index in [4.69, 9.17) is 4.74 Å². The lowest BCUT2D eigenvalue weighted by Crippen LogP contribution is -2.42. The van der Waals surface area contributed by atoms with Gasteiger partial charge in [-0.2, -0.15) is 0 Å². The average Bonchev–Trinajstić information content (AvgIpc) is 2.67. The highest BCUT2D eigenvalue weighted by Crippen LogP contribution is 2.20. The minimum Gasteiger partial charge on any atom is -0.489 e. The zero-order valence-electron chi connectivity index (χ0n) is 14.8. The van der Waals surface area contributed by atoms with Crippen molar-refractivity contribution in [1.82, 2.24) is 10.2 Å². The van der Waals surface area contributed by atoms with Crippen LogP contribution in [-0.4, -0.2) is 37.5 Å². The fourth-order valence-electron chi connectivity index (χ4n) is 3.32. The molecule has 2 aromatic rings. The highest BCUT2D eigenvalue weighted by Gasteiger charge is 2.23. The summed E-state index contributed by atoms with van der Waals surface area (Å²) in [5, 5.41) is 3.22. The summed E-state index contributed by atoms with van der Waals surface area (Å²) in [6.45, 7) is 3.19. The molecule has 0 radical (unpaired) electrons. The quantitative estimate of drug-likeness (QED) is 0.878. The fraction of sp³-hybridized carbons (Fsp3) is 0.381. The van der Waals surface area contributed by atoms with Gasteiger partial charge in [0, 0.05) is 18.7 Å². The lowest BCUT2D eigenvalue weighted by molar-refractivity contribution is 0.0674. The zero-order valence-corrected chi connectivity index (χ0v) is 14.8. The molecular formula is C21H26N2O2. The van der Waals surface area contributed by atoms with Crippen LogP contribution in [0.25, 0.3) is 0 Å². The Morgan fingerprint density at radius 1 is 1.16 bits per heavy atom. The second-order valence-corrected chi connectivity index (χ2v) is 6.62. The van der Waals surface area contributed by atoms with Gasteiger partial charge >= 0.3 is 0 Å². The van der Waals surface area contributed by atoms with Gasteiger partial charge in [-0.3, -0.25) is 4.79 Å². The maximum atomic E-state index is 12.7. The summed E-state index contributed by atoms with van der Waals surface area (Å²) in [6, 6.07) is 17.6. The van der Waals surface area contributed by atoms with Gasteiger partial charge in [0.1, 0.15) is 12.4 Å². The van der Waals surface area contributed by atoms with Crippen molar-refractivity contribution in [3.05, 3.63) is 65.7 Å². The van der Waals surface area contributed by atoms with Crippen LogP contribution < -0.4 is 10.1 Å². The molecule has 4 heteroatoms. The van der Waals surface area contributed by atoms with E-state index in [2.05, 4.69) is 5.32 Å². The fourth-order valence-corrected chi connectivity index (χ4v) is 3.32. The molecule has 3 rings (SSSR count). The van der Waals surface area contributed by atoms with Gasteiger partial charge in [0.05, 0.1) is 0 Å². The van der Waals surface area contributed by atoms with Gasteiger partial charge in [-0.1, -0.05) is 30.3 Å². The number of carbonyl (C=O) groups excluding carboxylic acids is 1. The summed E-state index contributed by atoms with van der Waals surface area (Å²) >= 11 is 0. The van der Waals surface area contributed by atoms with Crippen molar-refractivity contribution in [2.45, 2.75) is 19.4 Å². The van der Waals surface area contributed by atoms with E-state index in [1.165, 1.54) is 6.42 Å². The third-order valence-electron chi connectivity index (χ3n) is 4.65. The predicted molar refractivity (Wildman–Crippen MR) is 99.8 cm³/mol. The van der Waals surface area contributed by atoms with E-state index in [0.29, 0.717) is 12.5 Å². The normalized spacial score (nSPS) is 17.3. The second kappa shape index (κ2) is 8.67. The standard InChI is InChI=1S/C21H26N2O2/c1-22-14-18-8-5-13-23(15-18)21(24)19-9-11-20(12-10-19)25-16-17-6-3-2-4-7-17/h2-4,6-7,9-12,18,22H,5,8,13-16H2,1H3. The van der Waals surface area contributed by atoms with Gasteiger partial charge in [0.25, 0.3) is 5.91 Å². The van der Waals surface area contributed by atoms with E-state index in [0.717, 1.165) is 42.9 Å². The number of carbonyl (C=O) groups is 1.